The van der Waals surface area contributed by atoms with Gasteiger partial charge in [-0.3, -0.25) is 0 Å². The van der Waals surface area contributed by atoms with Gasteiger partial charge >= 0.3 is 143 Å². The third-order valence-electron chi connectivity index (χ3n) is 4.57. The molecule has 0 unspecified atom stereocenters. The van der Waals surface area contributed by atoms with Crippen molar-refractivity contribution in [3.05, 3.63) is 41.0 Å². The third kappa shape index (κ3) is 4.92. The molecule has 0 aromatic heterocycles. The Morgan fingerprint density at radius 3 is 1.62 bits per heavy atom. The maximum atomic E-state index is 2.58. The minimum absolute atomic E-state index is 0.549. The predicted octanol–water partition coefficient (Wildman–Crippen LogP) is 6.66. The number of hydrogen-bond donors (Lipinski definition) is 0. The van der Waals surface area contributed by atoms with Crippen LogP contribution in [0.3, 0.4) is 0 Å². The maximum absolute atomic E-state index is 2.58. The fourth-order valence-electron chi connectivity index (χ4n) is 3.19. The van der Waals surface area contributed by atoms with E-state index in [4.69, 9.17) is 0 Å². The summed E-state index contributed by atoms with van der Waals surface area (Å²) in [6.07, 6.45) is 15.7. The zero-order valence-electron chi connectivity index (χ0n) is 14.3. The first kappa shape index (κ1) is 17.2. The number of unbranched alkanes of at least 4 members (excludes halogenated alkanes) is 2. The van der Waals surface area contributed by atoms with Gasteiger partial charge in [0.1, 0.15) is 0 Å². The van der Waals surface area contributed by atoms with Crippen LogP contribution >= 0.6 is 0 Å². The van der Waals surface area contributed by atoms with Gasteiger partial charge in [-0.1, -0.05) is 0 Å². The van der Waals surface area contributed by atoms with E-state index in [1.165, 1.54) is 51.4 Å². The molecule has 114 valence electrons. The molecule has 0 saturated heterocycles. The van der Waals surface area contributed by atoms with Gasteiger partial charge < -0.3 is 0 Å². The average Bonchev–Trinajstić information content (AvgIpc) is 2.98. The van der Waals surface area contributed by atoms with Gasteiger partial charge in [0.15, 0.2) is 0 Å². The van der Waals surface area contributed by atoms with Crippen LogP contribution in [0.15, 0.2) is 41.0 Å². The van der Waals surface area contributed by atoms with Crippen molar-refractivity contribution in [1.29, 1.82) is 0 Å². The van der Waals surface area contributed by atoms with Crippen molar-refractivity contribution in [3.63, 3.8) is 0 Å². The van der Waals surface area contributed by atoms with E-state index >= 15 is 0 Å². The monoisotopic (exact) mass is 360 g/mol. The van der Waals surface area contributed by atoms with Gasteiger partial charge in [0.25, 0.3) is 0 Å². The SMILES string of the molecule is CCCCC1=C[C]([Zr][C]2=C(C)CC(CCCC)=C2)=C(C)C1. The van der Waals surface area contributed by atoms with Crippen molar-refractivity contribution in [2.75, 3.05) is 0 Å². The Morgan fingerprint density at radius 1 is 0.810 bits per heavy atom. The molecule has 0 saturated carbocycles. The van der Waals surface area contributed by atoms with Crippen LogP contribution < -0.4 is 0 Å². The Kier molecular flexibility index (Phi) is 6.94. The van der Waals surface area contributed by atoms with Crippen LogP contribution in [-0.4, -0.2) is 0 Å². The van der Waals surface area contributed by atoms with Crippen LogP contribution in [0.5, 0.6) is 0 Å². The molecule has 21 heavy (non-hydrogen) atoms. The van der Waals surface area contributed by atoms with E-state index in [2.05, 4.69) is 39.8 Å². The summed E-state index contributed by atoms with van der Waals surface area (Å²) in [4.78, 5) is 0. The van der Waals surface area contributed by atoms with Gasteiger partial charge in [-0.2, -0.15) is 0 Å². The Hall–Kier alpha value is -0.157. The molecule has 0 aliphatic heterocycles. The molecule has 2 rings (SSSR count). The van der Waals surface area contributed by atoms with Gasteiger partial charge in [-0.25, -0.2) is 0 Å². The molecule has 0 amide bonds. The topological polar surface area (TPSA) is 0 Å². The molecule has 0 nitrogen and oxygen atoms in total. The quantitative estimate of drug-likeness (QED) is 0.453. The van der Waals surface area contributed by atoms with Crippen molar-refractivity contribution in [2.45, 2.75) is 79.1 Å². The van der Waals surface area contributed by atoms with Crippen LogP contribution in [0.1, 0.15) is 79.1 Å². The van der Waals surface area contributed by atoms with E-state index in [-0.39, 0.29) is 0 Å². The van der Waals surface area contributed by atoms with Gasteiger partial charge in [-0.15, -0.1) is 0 Å². The number of allylic oxidation sites excluding steroid dienone is 8. The van der Waals surface area contributed by atoms with E-state index in [0.717, 1.165) is 0 Å². The summed E-state index contributed by atoms with van der Waals surface area (Å²) in [7, 11) is 0. The summed E-state index contributed by atoms with van der Waals surface area (Å²) >= 11 is -0.549. The zero-order chi connectivity index (χ0) is 15.2. The molecule has 0 bridgehead atoms. The fourth-order valence-corrected chi connectivity index (χ4v) is 6.74. The summed E-state index contributed by atoms with van der Waals surface area (Å²) in [5.74, 6) is 0. The summed E-state index contributed by atoms with van der Waals surface area (Å²) in [5.41, 5.74) is 6.78. The van der Waals surface area contributed by atoms with Gasteiger partial charge in [0.05, 0.1) is 0 Å². The Bertz CT molecular complexity index is 454. The van der Waals surface area contributed by atoms with E-state index in [9.17, 15) is 0 Å². The molecule has 0 radical (unpaired) electrons. The van der Waals surface area contributed by atoms with Crippen molar-refractivity contribution in [1.82, 2.24) is 0 Å². The zero-order valence-corrected chi connectivity index (χ0v) is 16.8. The molecule has 0 N–H and O–H groups in total. The van der Waals surface area contributed by atoms with Gasteiger partial charge in [0.2, 0.25) is 0 Å². The molecule has 0 atom stereocenters. The van der Waals surface area contributed by atoms with E-state index in [1.54, 1.807) is 28.9 Å². The summed E-state index contributed by atoms with van der Waals surface area (Å²) < 4.78 is 3.54. The first-order valence-electron chi connectivity index (χ1n) is 8.69. The average molecular weight is 362 g/mol. The summed E-state index contributed by atoms with van der Waals surface area (Å²) in [6.45, 7) is 9.34. The van der Waals surface area contributed by atoms with E-state index in [0.29, 0.717) is 0 Å². The van der Waals surface area contributed by atoms with Gasteiger partial charge in [0, 0.05) is 0 Å². The van der Waals surface area contributed by atoms with E-state index in [1.807, 2.05) is 0 Å². The fraction of sp³-hybridized carbons (Fsp3) is 0.600. The van der Waals surface area contributed by atoms with Crippen LogP contribution in [0.25, 0.3) is 0 Å². The molecule has 1 heteroatoms. The van der Waals surface area contributed by atoms with Crippen molar-refractivity contribution < 1.29 is 23.2 Å². The standard InChI is InChI=1S/2C10H15.Zr/c2*1-3-4-5-10-7-6-9(2)8-10;/h2*7H,3-5,8H2,1-2H3;. The Labute approximate surface area is 143 Å². The van der Waals surface area contributed by atoms with Crippen LogP contribution in [0.2, 0.25) is 0 Å². The molecule has 0 fully saturated rings. The molecule has 0 spiro atoms. The van der Waals surface area contributed by atoms with Crippen molar-refractivity contribution in [2.24, 2.45) is 0 Å². The second-order valence-corrected chi connectivity index (χ2v) is 9.94. The van der Waals surface area contributed by atoms with E-state index < -0.39 is 23.2 Å². The third-order valence-corrected chi connectivity index (χ3v) is 8.70. The van der Waals surface area contributed by atoms with Crippen molar-refractivity contribution in [3.8, 4) is 0 Å². The first-order chi connectivity index (χ1) is 10.1. The molecule has 2 aliphatic carbocycles. The Morgan fingerprint density at radius 2 is 1.24 bits per heavy atom. The predicted molar refractivity (Wildman–Crippen MR) is 89.9 cm³/mol. The molecule has 2 aliphatic rings. The second kappa shape index (κ2) is 8.47. The summed E-state index contributed by atoms with van der Waals surface area (Å²) in [5, 5.41) is 0. The first-order valence-corrected chi connectivity index (χ1v) is 11.1. The number of hydrogen-bond acceptors (Lipinski definition) is 0. The molecular weight excluding hydrogens is 331 g/mol. The summed E-state index contributed by atoms with van der Waals surface area (Å²) in [6, 6.07) is 0. The normalized spacial score (nSPS) is 18.5. The molecule has 0 aromatic carbocycles. The van der Waals surface area contributed by atoms with Crippen LogP contribution in [0, 0.1) is 0 Å². The second-order valence-electron chi connectivity index (χ2n) is 6.68. The Balaban J connectivity index is 1.97. The molecule has 0 aromatic rings. The molecule has 0 heterocycles. The number of rotatable bonds is 8. The molecular formula is C20H30Zr. The van der Waals surface area contributed by atoms with Gasteiger partial charge in [-0.05, 0) is 0 Å². The van der Waals surface area contributed by atoms with Crippen LogP contribution in [-0.2, 0) is 23.2 Å². The van der Waals surface area contributed by atoms with Crippen LogP contribution in [0.4, 0.5) is 0 Å². The van der Waals surface area contributed by atoms with Crippen molar-refractivity contribution >= 4 is 0 Å². The minimum atomic E-state index is -0.549.